The van der Waals surface area contributed by atoms with Crippen LogP contribution in [-0.2, 0) is 0 Å². The van der Waals surface area contributed by atoms with Crippen LogP contribution in [0.4, 0.5) is 26.2 Å². The number of benzene rings is 1. The molecule has 0 bridgehead atoms. The SMILES string of the molecule is Cc1cc(NC2CCCCC2)nc(Nc2ccc(F)c(F)c2)n1. The van der Waals surface area contributed by atoms with E-state index in [-0.39, 0.29) is 0 Å². The molecule has 2 aromatic rings. The molecule has 1 aliphatic rings. The molecular formula is C17H20F2N4. The molecule has 2 N–H and O–H groups in total. The maximum atomic E-state index is 13.3. The third-order valence-corrected chi connectivity index (χ3v) is 3.99. The molecule has 1 heterocycles. The predicted molar refractivity (Wildman–Crippen MR) is 86.9 cm³/mol. The number of rotatable bonds is 4. The first-order valence-electron chi connectivity index (χ1n) is 7.94. The van der Waals surface area contributed by atoms with Crippen molar-refractivity contribution in [1.82, 2.24) is 9.97 Å². The van der Waals surface area contributed by atoms with Crippen LogP contribution in [0.5, 0.6) is 0 Å². The largest absolute Gasteiger partial charge is 0.367 e. The van der Waals surface area contributed by atoms with E-state index in [1.165, 1.54) is 25.3 Å². The molecule has 0 aliphatic heterocycles. The lowest BCUT2D eigenvalue weighted by Crippen LogP contribution is -2.23. The van der Waals surface area contributed by atoms with Crippen molar-refractivity contribution in [3.8, 4) is 0 Å². The minimum Gasteiger partial charge on any atom is -0.367 e. The summed E-state index contributed by atoms with van der Waals surface area (Å²) in [5.41, 5.74) is 1.22. The lowest BCUT2D eigenvalue weighted by atomic mass is 9.95. The number of nitrogens with zero attached hydrogens (tertiary/aromatic N) is 2. The number of anilines is 3. The first-order valence-corrected chi connectivity index (χ1v) is 7.94. The van der Waals surface area contributed by atoms with E-state index in [0.29, 0.717) is 17.7 Å². The van der Waals surface area contributed by atoms with E-state index in [1.807, 2.05) is 13.0 Å². The van der Waals surface area contributed by atoms with E-state index in [9.17, 15) is 8.78 Å². The van der Waals surface area contributed by atoms with Crippen molar-refractivity contribution in [3.05, 3.63) is 41.6 Å². The van der Waals surface area contributed by atoms with Gasteiger partial charge in [0, 0.05) is 29.6 Å². The molecule has 23 heavy (non-hydrogen) atoms. The van der Waals surface area contributed by atoms with Crippen molar-refractivity contribution < 1.29 is 8.78 Å². The van der Waals surface area contributed by atoms with Crippen molar-refractivity contribution in [3.63, 3.8) is 0 Å². The number of hydrogen-bond donors (Lipinski definition) is 2. The minimum atomic E-state index is -0.900. The van der Waals surface area contributed by atoms with E-state index in [1.54, 1.807) is 0 Å². The van der Waals surface area contributed by atoms with Gasteiger partial charge >= 0.3 is 0 Å². The van der Waals surface area contributed by atoms with Gasteiger partial charge in [-0.2, -0.15) is 4.98 Å². The summed E-state index contributed by atoms with van der Waals surface area (Å²) in [6, 6.07) is 5.96. The molecule has 0 spiro atoms. The van der Waals surface area contributed by atoms with Gasteiger partial charge in [0.25, 0.3) is 0 Å². The topological polar surface area (TPSA) is 49.8 Å². The summed E-state index contributed by atoms with van der Waals surface area (Å²) in [4.78, 5) is 8.72. The molecule has 1 fully saturated rings. The molecule has 1 aliphatic carbocycles. The fraction of sp³-hybridized carbons (Fsp3) is 0.412. The summed E-state index contributed by atoms with van der Waals surface area (Å²) in [5.74, 6) is -0.646. The van der Waals surface area contributed by atoms with Gasteiger partial charge < -0.3 is 10.6 Å². The van der Waals surface area contributed by atoms with Gasteiger partial charge in [-0.15, -0.1) is 0 Å². The van der Waals surface area contributed by atoms with Gasteiger partial charge in [0.2, 0.25) is 5.95 Å². The molecule has 0 amide bonds. The van der Waals surface area contributed by atoms with Crippen molar-refractivity contribution in [1.29, 1.82) is 0 Å². The Morgan fingerprint density at radius 3 is 2.52 bits per heavy atom. The highest BCUT2D eigenvalue weighted by Crippen LogP contribution is 2.22. The van der Waals surface area contributed by atoms with Crippen LogP contribution >= 0.6 is 0 Å². The second-order valence-corrected chi connectivity index (χ2v) is 5.95. The summed E-state index contributed by atoms with van der Waals surface area (Å²) < 4.78 is 26.3. The normalized spacial score (nSPS) is 15.4. The average molecular weight is 318 g/mol. The average Bonchev–Trinajstić information content (AvgIpc) is 2.51. The Kier molecular flexibility index (Phi) is 4.69. The third kappa shape index (κ3) is 4.15. The predicted octanol–water partition coefficient (Wildman–Crippen LogP) is 4.55. The van der Waals surface area contributed by atoms with Crippen LogP contribution in [0, 0.1) is 18.6 Å². The van der Waals surface area contributed by atoms with Crippen LogP contribution < -0.4 is 10.6 Å². The van der Waals surface area contributed by atoms with Crippen LogP contribution in [0.1, 0.15) is 37.8 Å². The molecular weight excluding hydrogens is 298 g/mol. The fourth-order valence-electron chi connectivity index (χ4n) is 2.86. The maximum absolute atomic E-state index is 13.3. The number of nitrogens with one attached hydrogen (secondary N) is 2. The molecule has 4 nitrogen and oxygen atoms in total. The highest BCUT2D eigenvalue weighted by atomic mass is 19.2. The van der Waals surface area contributed by atoms with Crippen molar-refractivity contribution >= 4 is 17.5 Å². The van der Waals surface area contributed by atoms with E-state index >= 15 is 0 Å². The zero-order valence-corrected chi connectivity index (χ0v) is 13.1. The zero-order chi connectivity index (χ0) is 16.2. The number of hydrogen-bond acceptors (Lipinski definition) is 4. The molecule has 0 unspecified atom stereocenters. The highest BCUT2D eigenvalue weighted by Gasteiger charge is 2.14. The van der Waals surface area contributed by atoms with Crippen molar-refractivity contribution in [2.75, 3.05) is 10.6 Å². The summed E-state index contributed by atoms with van der Waals surface area (Å²) in [5, 5.41) is 6.36. The summed E-state index contributed by atoms with van der Waals surface area (Å²) in [6.45, 7) is 1.88. The first-order chi connectivity index (χ1) is 11.1. The van der Waals surface area contributed by atoms with E-state index < -0.39 is 11.6 Å². The molecule has 1 aromatic carbocycles. The van der Waals surface area contributed by atoms with Crippen molar-refractivity contribution in [2.45, 2.75) is 45.1 Å². The fourth-order valence-corrected chi connectivity index (χ4v) is 2.86. The molecule has 122 valence electrons. The van der Waals surface area contributed by atoms with E-state index in [0.717, 1.165) is 36.5 Å². The molecule has 6 heteroatoms. The Bertz CT molecular complexity index is 684. The lowest BCUT2D eigenvalue weighted by Gasteiger charge is -2.23. The van der Waals surface area contributed by atoms with Crippen LogP contribution in [0.3, 0.4) is 0 Å². The smallest absolute Gasteiger partial charge is 0.229 e. The molecule has 0 saturated heterocycles. The Hall–Kier alpha value is -2.24. The monoisotopic (exact) mass is 318 g/mol. The Morgan fingerprint density at radius 2 is 1.78 bits per heavy atom. The van der Waals surface area contributed by atoms with Crippen molar-refractivity contribution in [2.24, 2.45) is 0 Å². The van der Waals surface area contributed by atoms with Crippen LogP contribution in [0.25, 0.3) is 0 Å². The molecule has 1 saturated carbocycles. The zero-order valence-electron chi connectivity index (χ0n) is 13.1. The van der Waals surface area contributed by atoms with Gasteiger partial charge in [-0.1, -0.05) is 19.3 Å². The third-order valence-electron chi connectivity index (χ3n) is 3.99. The number of halogens is 2. The Balaban J connectivity index is 1.75. The molecule has 1 aromatic heterocycles. The van der Waals surface area contributed by atoms with Crippen LogP contribution in [-0.4, -0.2) is 16.0 Å². The second-order valence-electron chi connectivity index (χ2n) is 5.95. The van der Waals surface area contributed by atoms with Gasteiger partial charge in [0.1, 0.15) is 5.82 Å². The van der Waals surface area contributed by atoms with Crippen LogP contribution in [0.2, 0.25) is 0 Å². The summed E-state index contributed by atoms with van der Waals surface area (Å²) in [7, 11) is 0. The highest BCUT2D eigenvalue weighted by molar-refractivity contribution is 5.55. The van der Waals surface area contributed by atoms with Gasteiger partial charge in [-0.3, -0.25) is 0 Å². The quantitative estimate of drug-likeness (QED) is 0.868. The maximum Gasteiger partial charge on any atom is 0.229 e. The summed E-state index contributed by atoms with van der Waals surface area (Å²) >= 11 is 0. The van der Waals surface area contributed by atoms with E-state index in [4.69, 9.17) is 0 Å². The summed E-state index contributed by atoms with van der Waals surface area (Å²) in [6.07, 6.45) is 6.07. The standard InChI is InChI=1S/C17H20F2N4/c1-11-9-16(21-12-5-3-2-4-6-12)23-17(20-11)22-13-7-8-14(18)15(19)10-13/h7-10,12H,2-6H2,1H3,(H2,20,21,22,23). The van der Waals surface area contributed by atoms with E-state index in [2.05, 4.69) is 20.6 Å². The number of aromatic nitrogens is 2. The number of aryl methyl sites for hydroxylation is 1. The van der Waals surface area contributed by atoms with Gasteiger partial charge in [0.15, 0.2) is 11.6 Å². The van der Waals surface area contributed by atoms with Gasteiger partial charge in [-0.25, -0.2) is 13.8 Å². The molecule has 0 atom stereocenters. The van der Waals surface area contributed by atoms with Crippen LogP contribution in [0.15, 0.2) is 24.3 Å². The molecule has 0 radical (unpaired) electrons. The Labute approximate surface area is 134 Å². The van der Waals surface area contributed by atoms with Gasteiger partial charge in [0.05, 0.1) is 0 Å². The van der Waals surface area contributed by atoms with Gasteiger partial charge in [-0.05, 0) is 31.9 Å². The minimum absolute atomic E-state index is 0.370. The molecule has 3 rings (SSSR count). The Morgan fingerprint density at radius 1 is 1.00 bits per heavy atom. The lowest BCUT2D eigenvalue weighted by molar-refractivity contribution is 0.462. The second kappa shape index (κ2) is 6.89. The first kappa shape index (κ1) is 15.6.